The summed E-state index contributed by atoms with van der Waals surface area (Å²) in [6.45, 7) is 0.844. The molecule has 104 valence electrons. The lowest BCUT2D eigenvalue weighted by atomic mass is 10.1. The monoisotopic (exact) mass is 336 g/mol. The van der Waals surface area contributed by atoms with Gasteiger partial charge in [-0.3, -0.25) is 4.79 Å². The topological polar surface area (TPSA) is 46.3 Å². The van der Waals surface area contributed by atoms with Gasteiger partial charge in [0.15, 0.2) is 0 Å². The summed E-state index contributed by atoms with van der Waals surface area (Å²) in [5.41, 5.74) is 5.22. The molecule has 1 amide bonds. The molecular weight excluding hydrogens is 325 g/mol. The molecule has 0 spiro atoms. The predicted molar refractivity (Wildman–Crippen MR) is 68.7 cm³/mol. The summed E-state index contributed by atoms with van der Waals surface area (Å²) in [7, 11) is 0. The van der Waals surface area contributed by atoms with Crippen molar-refractivity contribution >= 4 is 27.5 Å². The van der Waals surface area contributed by atoms with Crippen LogP contribution in [0.5, 0.6) is 0 Å². The number of nitrogens with zero attached hydrogens (tertiary/aromatic N) is 1. The zero-order valence-electron chi connectivity index (χ0n) is 9.88. The summed E-state index contributed by atoms with van der Waals surface area (Å²) in [6.07, 6.45) is -4.07. The van der Waals surface area contributed by atoms with Crippen molar-refractivity contribution in [2.24, 2.45) is 11.7 Å². The molecule has 7 heteroatoms. The minimum atomic E-state index is -4.41. The van der Waals surface area contributed by atoms with Crippen LogP contribution < -0.4 is 10.6 Å². The average Bonchev–Trinajstić information content (AvgIpc) is 2.68. The van der Waals surface area contributed by atoms with Gasteiger partial charge in [-0.15, -0.1) is 0 Å². The Hall–Kier alpha value is -1.08. The molecule has 1 aliphatic heterocycles. The summed E-state index contributed by atoms with van der Waals surface area (Å²) in [5.74, 6) is -0.0457. The lowest BCUT2D eigenvalue weighted by Gasteiger charge is -2.18. The molecule has 0 radical (unpaired) electrons. The van der Waals surface area contributed by atoms with E-state index < -0.39 is 11.7 Å². The molecular formula is C12H12BrF3N2O. The highest BCUT2D eigenvalue weighted by atomic mass is 79.9. The summed E-state index contributed by atoms with van der Waals surface area (Å²) in [5, 5.41) is 0. The summed E-state index contributed by atoms with van der Waals surface area (Å²) in [4.78, 5) is 13.2. The van der Waals surface area contributed by atoms with Gasteiger partial charge in [-0.1, -0.05) is 15.9 Å². The molecule has 0 bridgehead atoms. The number of nitrogens with two attached hydrogens (primary N) is 1. The Balaban J connectivity index is 2.28. The SMILES string of the molecule is NCC1CC(=O)N(c2ccc(C(F)(F)F)c(Br)c2)C1. The Morgan fingerprint density at radius 2 is 2.11 bits per heavy atom. The molecule has 2 rings (SSSR count). The van der Waals surface area contributed by atoms with Gasteiger partial charge < -0.3 is 10.6 Å². The number of halogens is 4. The van der Waals surface area contributed by atoms with Crippen molar-refractivity contribution in [3.63, 3.8) is 0 Å². The van der Waals surface area contributed by atoms with Gasteiger partial charge in [0.1, 0.15) is 0 Å². The molecule has 0 aliphatic carbocycles. The van der Waals surface area contributed by atoms with Gasteiger partial charge in [0, 0.05) is 23.1 Å². The molecule has 1 aromatic carbocycles. The van der Waals surface area contributed by atoms with E-state index in [-0.39, 0.29) is 16.3 Å². The third-order valence-corrected chi connectivity index (χ3v) is 3.76. The molecule has 1 atom stereocenters. The lowest BCUT2D eigenvalue weighted by Crippen LogP contribution is -2.25. The molecule has 1 unspecified atom stereocenters. The molecule has 0 aromatic heterocycles. The minimum Gasteiger partial charge on any atom is -0.330 e. The third-order valence-electron chi connectivity index (χ3n) is 3.11. The molecule has 19 heavy (non-hydrogen) atoms. The van der Waals surface area contributed by atoms with Crippen molar-refractivity contribution in [3.8, 4) is 0 Å². The van der Waals surface area contributed by atoms with Crippen LogP contribution in [0, 0.1) is 5.92 Å². The van der Waals surface area contributed by atoms with Gasteiger partial charge in [-0.25, -0.2) is 0 Å². The number of carbonyl (C=O) groups is 1. The second kappa shape index (κ2) is 5.13. The quantitative estimate of drug-likeness (QED) is 0.902. The number of anilines is 1. The van der Waals surface area contributed by atoms with Crippen LogP contribution in [0.1, 0.15) is 12.0 Å². The maximum atomic E-state index is 12.6. The van der Waals surface area contributed by atoms with E-state index in [2.05, 4.69) is 15.9 Å². The van der Waals surface area contributed by atoms with E-state index in [0.29, 0.717) is 25.2 Å². The number of hydrogen-bond acceptors (Lipinski definition) is 2. The van der Waals surface area contributed by atoms with E-state index in [0.717, 1.165) is 6.07 Å². The largest absolute Gasteiger partial charge is 0.417 e. The van der Waals surface area contributed by atoms with Crippen molar-refractivity contribution in [1.82, 2.24) is 0 Å². The fraction of sp³-hybridized carbons (Fsp3) is 0.417. The summed E-state index contributed by atoms with van der Waals surface area (Å²) < 4.78 is 37.8. The van der Waals surface area contributed by atoms with Crippen LogP contribution in [0.4, 0.5) is 18.9 Å². The van der Waals surface area contributed by atoms with E-state index in [9.17, 15) is 18.0 Å². The van der Waals surface area contributed by atoms with Crippen molar-refractivity contribution < 1.29 is 18.0 Å². The lowest BCUT2D eigenvalue weighted by molar-refractivity contribution is -0.138. The second-order valence-electron chi connectivity index (χ2n) is 4.47. The van der Waals surface area contributed by atoms with E-state index in [1.807, 2.05) is 0 Å². The number of amides is 1. The Morgan fingerprint density at radius 1 is 1.42 bits per heavy atom. The maximum absolute atomic E-state index is 12.6. The molecule has 2 N–H and O–H groups in total. The second-order valence-corrected chi connectivity index (χ2v) is 5.33. The normalized spacial score (nSPS) is 20.2. The highest BCUT2D eigenvalue weighted by Crippen LogP contribution is 2.37. The van der Waals surface area contributed by atoms with Crippen LogP contribution >= 0.6 is 15.9 Å². The Kier molecular flexibility index (Phi) is 3.87. The first kappa shape index (κ1) is 14.3. The number of carbonyl (C=O) groups excluding carboxylic acids is 1. The van der Waals surface area contributed by atoms with Crippen molar-refractivity contribution in [2.75, 3.05) is 18.0 Å². The van der Waals surface area contributed by atoms with Crippen LogP contribution in [0.3, 0.4) is 0 Å². The van der Waals surface area contributed by atoms with Gasteiger partial charge in [-0.05, 0) is 30.7 Å². The van der Waals surface area contributed by atoms with Crippen LogP contribution in [0.15, 0.2) is 22.7 Å². The molecule has 1 heterocycles. The molecule has 1 fully saturated rings. The highest BCUT2D eigenvalue weighted by Gasteiger charge is 2.34. The first-order valence-corrected chi connectivity index (χ1v) is 6.49. The Bertz CT molecular complexity index is 504. The van der Waals surface area contributed by atoms with Crippen LogP contribution in [-0.4, -0.2) is 19.0 Å². The molecule has 1 saturated heterocycles. The number of alkyl halides is 3. The summed E-state index contributed by atoms with van der Waals surface area (Å²) >= 11 is 2.90. The van der Waals surface area contributed by atoms with Gasteiger partial charge in [0.05, 0.1) is 5.56 Å². The predicted octanol–water partition coefficient (Wildman–Crippen LogP) is 2.78. The number of benzene rings is 1. The minimum absolute atomic E-state index is 0.0635. The average molecular weight is 337 g/mol. The van der Waals surface area contributed by atoms with Crippen molar-refractivity contribution in [3.05, 3.63) is 28.2 Å². The van der Waals surface area contributed by atoms with E-state index in [4.69, 9.17) is 5.73 Å². The maximum Gasteiger partial charge on any atom is 0.417 e. The zero-order valence-corrected chi connectivity index (χ0v) is 11.5. The fourth-order valence-electron chi connectivity index (χ4n) is 2.09. The van der Waals surface area contributed by atoms with Crippen molar-refractivity contribution in [1.29, 1.82) is 0 Å². The summed E-state index contributed by atoms with van der Waals surface area (Å²) in [6, 6.07) is 3.60. The van der Waals surface area contributed by atoms with Gasteiger partial charge >= 0.3 is 6.18 Å². The highest BCUT2D eigenvalue weighted by molar-refractivity contribution is 9.10. The van der Waals surface area contributed by atoms with E-state index >= 15 is 0 Å². The van der Waals surface area contributed by atoms with Gasteiger partial charge in [-0.2, -0.15) is 13.2 Å². The molecule has 3 nitrogen and oxygen atoms in total. The standard InChI is InChI=1S/C12H12BrF3N2O/c13-10-4-8(1-2-9(10)12(14,15)16)18-6-7(5-17)3-11(18)19/h1-2,4,7H,3,5-6,17H2. The van der Waals surface area contributed by atoms with Gasteiger partial charge in [0.2, 0.25) is 5.91 Å². The fourth-order valence-corrected chi connectivity index (χ4v) is 2.68. The first-order chi connectivity index (χ1) is 8.82. The molecule has 1 aliphatic rings. The van der Waals surface area contributed by atoms with Crippen LogP contribution in [-0.2, 0) is 11.0 Å². The van der Waals surface area contributed by atoms with E-state index in [1.54, 1.807) is 0 Å². The van der Waals surface area contributed by atoms with Gasteiger partial charge in [0.25, 0.3) is 0 Å². The third kappa shape index (κ3) is 2.92. The first-order valence-electron chi connectivity index (χ1n) is 5.70. The van der Waals surface area contributed by atoms with Crippen LogP contribution in [0.2, 0.25) is 0 Å². The number of rotatable bonds is 2. The smallest absolute Gasteiger partial charge is 0.330 e. The van der Waals surface area contributed by atoms with Crippen molar-refractivity contribution in [2.45, 2.75) is 12.6 Å². The molecule has 1 aromatic rings. The van der Waals surface area contributed by atoms with E-state index in [1.165, 1.54) is 17.0 Å². The van der Waals surface area contributed by atoms with Crippen LogP contribution in [0.25, 0.3) is 0 Å². The molecule has 0 saturated carbocycles. The Morgan fingerprint density at radius 3 is 2.58 bits per heavy atom. The zero-order chi connectivity index (χ0) is 14.2. The number of hydrogen-bond donors (Lipinski definition) is 1. The Labute approximate surface area is 116 Å².